The SMILES string of the molecule is NCC(OCCCO)C(c1ccccc1)c1ccccc1. The predicted molar refractivity (Wildman–Crippen MR) is 85.2 cm³/mol. The molecule has 112 valence electrons. The van der Waals surface area contributed by atoms with Crippen LogP contribution in [0.25, 0.3) is 0 Å². The Balaban J connectivity index is 2.27. The molecule has 0 heterocycles. The van der Waals surface area contributed by atoms with Crippen molar-refractivity contribution >= 4 is 0 Å². The maximum Gasteiger partial charge on any atom is 0.0806 e. The normalized spacial score (nSPS) is 12.5. The summed E-state index contributed by atoms with van der Waals surface area (Å²) in [6, 6.07) is 20.6. The van der Waals surface area contributed by atoms with E-state index in [1.807, 2.05) is 36.4 Å². The summed E-state index contributed by atoms with van der Waals surface area (Å²) in [6.07, 6.45) is 0.536. The molecule has 21 heavy (non-hydrogen) atoms. The first-order chi connectivity index (χ1) is 10.4. The Morgan fingerprint density at radius 3 is 1.86 bits per heavy atom. The van der Waals surface area contributed by atoms with Gasteiger partial charge in [-0.15, -0.1) is 0 Å². The van der Waals surface area contributed by atoms with Crippen molar-refractivity contribution in [3.63, 3.8) is 0 Å². The van der Waals surface area contributed by atoms with Crippen LogP contribution in [0.15, 0.2) is 60.7 Å². The Morgan fingerprint density at radius 1 is 0.905 bits per heavy atom. The molecule has 0 bridgehead atoms. The van der Waals surface area contributed by atoms with Crippen LogP contribution in [0.1, 0.15) is 23.5 Å². The molecule has 0 fully saturated rings. The second kappa shape index (κ2) is 8.57. The average molecular weight is 285 g/mol. The molecule has 3 heteroatoms. The van der Waals surface area contributed by atoms with Crippen molar-refractivity contribution in [3.05, 3.63) is 71.8 Å². The number of aliphatic hydroxyl groups excluding tert-OH is 1. The lowest BCUT2D eigenvalue weighted by Gasteiger charge is -2.27. The highest BCUT2D eigenvalue weighted by Gasteiger charge is 2.24. The first kappa shape index (κ1) is 15.7. The van der Waals surface area contributed by atoms with Gasteiger partial charge in [0.2, 0.25) is 0 Å². The zero-order chi connectivity index (χ0) is 14.9. The van der Waals surface area contributed by atoms with Crippen molar-refractivity contribution in [2.45, 2.75) is 18.4 Å². The highest BCUT2D eigenvalue weighted by atomic mass is 16.5. The molecule has 0 radical (unpaired) electrons. The maximum absolute atomic E-state index is 8.91. The van der Waals surface area contributed by atoms with E-state index >= 15 is 0 Å². The number of hydrogen-bond acceptors (Lipinski definition) is 3. The third kappa shape index (κ3) is 4.39. The van der Waals surface area contributed by atoms with E-state index in [4.69, 9.17) is 15.6 Å². The standard InChI is InChI=1S/C18H23NO2/c19-14-17(21-13-7-12-20)18(15-8-3-1-4-9-15)16-10-5-2-6-11-16/h1-6,8-11,17-18,20H,7,12-14,19H2. The van der Waals surface area contributed by atoms with E-state index in [0.29, 0.717) is 19.6 Å². The maximum atomic E-state index is 8.91. The van der Waals surface area contributed by atoms with Crippen molar-refractivity contribution in [2.75, 3.05) is 19.8 Å². The molecule has 2 aromatic carbocycles. The van der Waals surface area contributed by atoms with Crippen molar-refractivity contribution in [3.8, 4) is 0 Å². The minimum absolute atomic E-state index is 0.0960. The number of nitrogens with two attached hydrogens (primary N) is 1. The second-order valence-corrected chi connectivity index (χ2v) is 5.02. The summed E-state index contributed by atoms with van der Waals surface area (Å²) in [4.78, 5) is 0. The molecule has 3 N–H and O–H groups in total. The molecule has 0 aliphatic carbocycles. The zero-order valence-corrected chi connectivity index (χ0v) is 12.2. The molecule has 0 spiro atoms. The number of rotatable bonds is 8. The molecule has 3 nitrogen and oxygen atoms in total. The van der Waals surface area contributed by atoms with Crippen LogP contribution in [0.4, 0.5) is 0 Å². The van der Waals surface area contributed by atoms with Gasteiger partial charge in [0.25, 0.3) is 0 Å². The van der Waals surface area contributed by atoms with E-state index in [9.17, 15) is 0 Å². The predicted octanol–water partition coefficient (Wildman–Crippen LogP) is 2.54. The monoisotopic (exact) mass is 285 g/mol. The Morgan fingerprint density at radius 2 is 1.43 bits per heavy atom. The first-order valence-electron chi connectivity index (χ1n) is 7.39. The minimum atomic E-state index is -0.0960. The van der Waals surface area contributed by atoms with Gasteiger partial charge >= 0.3 is 0 Å². The first-order valence-corrected chi connectivity index (χ1v) is 7.39. The molecule has 0 aliphatic rings. The quantitative estimate of drug-likeness (QED) is 0.733. The van der Waals surface area contributed by atoms with E-state index in [1.165, 1.54) is 11.1 Å². The van der Waals surface area contributed by atoms with Gasteiger partial charge in [-0.05, 0) is 17.5 Å². The average Bonchev–Trinajstić information content (AvgIpc) is 2.56. The lowest BCUT2D eigenvalue weighted by Crippen LogP contribution is -2.32. The molecule has 1 atom stereocenters. The van der Waals surface area contributed by atoms with Gasteiger partial charge in [0.15, 0.2) is 0 Å². The fourth-order valence-corrected chi connectivity index (χ4v) is 2.54. The van der Waals surface area contributed by atoms with Crippen LogP contribution in [0.2, 0.25) is 0 Å². The summed E-state index contributed by atoms with van der Waals surface area (Å²) in [5, 5.41) is 8.91. The molecule has 0 saturated carbocycles. The highest BCUT2D eigenvalue weighted by molar-refractivity contribution is 5.33. The molecule has 2 rings (SSSR count). The van der Waals surface area contributed by atoms with Gasteiger partial charge in [-0.25, -0.2) is 0 Å². The van der Waals surface area contributed by atoms with Crippen molar-refractivity contribution in [1.82, 2.24) is 0 Å². The molecule has 0 saturated heterocycles. The molecule has 0 aromatic heterocycles. The summed E-state index contributed by atoms with van der Waals surface area (Å²) in [5.41, 5.74) is 8.34. The van der Waals surface area contributed by atoms with E-state index in [0.717, 1.165) is 0 Å². The lowest BCUT2D eigenvalue weighted by molar-refractivity contribution is 0.0395. The summed E-state index contributed by atoms with van der Waals surface area (Å²) < 4.78 is 5.92. The van der Waals surface area contributed by atoms with Crippen molar-refractivity contribution < 1.29 is 9.84 Å². The Kier molecular flexibility index (Phi) is 6.41. The van der Waals surface area contributed by atoms with E-state index in [2.05, 4.69) is 24.3 Å². The third-order valence-electron chi connectivity index (χ3n) is 3.56. The number of hydrogen-bond donors (Lipinski definition) is 2. The van der Waals surface area contributed by atoms with Gasteiger partial charge in [-0.3, -0.25) is 0 Å². The van der Waals surface area contributed by atoms with Crippen LogP contribution in [0.3, 0.4) is 0 Å². The van der Waals surface area contributed by atoms with Gasteiger partial charge in [0.05, 0.1) is 6.10 Å². The topological polar surface area (TPSA) is 55.5 Å². The van der Waals surface area contributed by atoms with Gasteiger partial charge < -0.3 is 15.6 Å². The Hall–Kier alpha value is -1.68. The Bertz CT molecular complexity index is 462. The zero-order valence-electron chi connectivity index (χ0n) is 12.2. The van der Waals surface area contributed by atoms with Gasteiger partial charge in [-0.1, -0.05) is 60.7 Å². The second-order valence-electron chi connectivity index (χ2n) is 5.02. The molecular weight excluding hydrogens is 262 g/mol. The number of ether oxygens (including phenoxy) is 1. The summed E-state index contributed by atoms with van der Waals surface area (Å²) in [5.74, 6) is 0.107. The van der Waals surface area contributed by atoms with E-state index in [1.54, 1.807) is 0 Å². The van der Waals surface area contributed by atoms with Crippen LogP contribution in [-0.4, -0.2) is 31.0 Å². The van der Waals surface area contributed by atoms with E-state index < -0.39 is 0 Å². The van der Waals surface area contributed by atoms with Crippen LogP contribution in [0, 0.1) is 0 Å². The van der Waals surface area contributed by atoms with Gasteiger partial charge in [0, 0.05) is 25.7 Å². The molecule has 0 amide bonds. The molecule has 0 aliphatic heterocycles. The fourth-order valence-electron chi connectivity index (χ4n) is 2.54. The smallest absolute Gasteiger partial charge is 0.0806 e. The molecule has 2 aromatic rings. The summed E-state index contributed by atoms with van der Waals surface area (Å²) >= 11 is 0. The fraction of sp³-hybridized carbons (Fsp3) is 0.333. The van der Waals surface area contributed by atoms with Crippen LogP contribution >= 0.6 is 0 Å². The summed E-state index contributed by atoms with van der Waals surface area (Å²) in [7, 11) is 0. The Labute approximate surface area is 126 Å². The van der Waals surface area contributed by atoms with Gasteiger partial charge in [0.1, 0.15) is 0 Å². The molecular formula is C18H23NO2. The number of aliphatic hydroxyl groups is 1. The lowest BCUT2D eigenvalue weighted by atomic mass is 9.86. The van der Waals surface area contributed by atoms with E-state index in [-0.39, 0.29) is 18.6 Å². The van der Waals surface area contributed by atoms with Crippen LogP contribution in [0.5, 0.6) is 0 Å². The minimum Gasteiger partial charge on any atom is -0.396 e. The van der Waals surface area contributed by atoms with Crippen LogP contribution in [-0.2, 0) is 4.74 Å². The highest BCUT2D eigenvalue weighted by Crippen LogP contribution is 2.29. The number of benzene rings is 2. The van der Waals surface area contributed by atoms with Crippen molar-refractivity contribution in [1.29, 1.82) is 0 Å². The third-order valence-corrected chi connectivity index (χ3v) is 3.56. The van der Waals surface area contributed by atoms with Gasteiger partial charge in [-0.2, -0.15) is 0 Å². The largest absolute Gasteiger partial charge is 0.396 e. The van der Waals surface area contributed by atoms with Crippen molar-refractivity contribution in [2.24, 2.45) is 5.73 Å². The molecule has 1 unspecified atom stereocenters. The summed E-state index contributed by atoms with van der Waals surface area (Å²) in [6.45, 7) is 1.10. The van der Waals surface area contributed by atoms with Crippen LogP contribution < -0.4 is 5.73 Å².